The number of aryl methyl sites for hydroxylation is 2. The van der Waals surface area contributed by atoms with Crippen LogP contribution in [0.4, 0.5) is 0 Å². The summed E-state index contributed by atoms with van der Waals surface area (Å²) in [5.41, 5.74) is 5.05. The van der Waals surface area contributed by atoms with E-state index in [1.54, 1.807) is 0 Å². The summed E-state index contributed by atoms with van der Waals surface area (Å²) in [6, 6.07) is 8.73. The van der Waals surface area contributed by atoms with Crippen LogP contribution in [0.15, 0.2) is 42.9 Å². The van der Waals surface area contributed by atoms with Gasteiger partial charge in [0.1, 0.15) is 5.82 Å². The fraction of sp³-hybridized carbons (Fsp3) is 0.400. The van der Waals surface area contributed by atoms with Gasteiger partial charge in [0.05, 0.1) is 5.69 Å². The number of nitrogens with one attached hydrogen (secondary N) is 1. The van der Waals surface area contributed by atoms with Crippen molar-refractivity contribution < 1.29 is 0 Å². The van der Waals surface area contributed by atoms with Gasteiger partial charge in [-0.3, -0.25) is 4.68 Å². The molecule has 0 saturated heterocycles. The second-order valence-corrected chi connectivity index (χ2v) is 6.89. The maximum absolute atomic E-state index is 4.57. The van der Waals surface area contributed by atoms with Gasteiger partial charge in [0.25, 0.3) is 0 Å². The molecule has 0 aliphatic carbocycles. The summed E-state index contributed by atoms with van der Waals surface area (Å²) in [5.74, 6) is 1.49. The van der Waals surface area contributed by atoms with E-state index in [9.17, 15) is 0 Å². The second kappa shape index (κ2) is 7.66. The summed E-state index contributed by atoms with van der Waals surface area (Å²) in [7, 11) is 1.98. The molecule has 1 N–H and O–H groups in total. The summed E-state index contributed by atoms with van der Waals surface area (Å²) < 4.78 is 4.07. The minimum Gasteiger partial charge on any atom is -0.331 e. The third-order valence-electron chi connectivity index (χ3n) is 4.40. The Labute approximate surface area is 149 Å². The summed E-state index contributed by atoms with van der Waals surface area (Å²) >= 11 is 0. The Balaban J connectivity index is 1.60. The summed E-state index contributed by atoms with van der Waals surface area (Å²) in [6.45, 7) is 8.96. The SMILES string of the molecule is Cc1nccn1Cc1cccc(CNCc2cn(C)nc2C(C)C)c1. The van der Waals surface area contributed by atoms with Crippen molar-refractivity contribution in [2.45, 2.75) is 46.3 Å². The van der Waals surface area contributed by atoms with Crippen LogP contribution in [0.5, 0.6) is 0 Å². The van der Waals surface area contributed by atoms with Crippen molar-refractivity contribution in [3.8, 4) is 0 Å². The molecule has 2 heterocycles. The van der Waals surface area contributed by atoms with E-state index in [4.69, 9.17) is 0 Å². The van der Waals surface area contributed by atoms with Crippen molar-refractivity contribution in [3.05, 3.63) is 71.1 Å². The zero-order valence-electron chi connectivity index (χ0n) is 15.5. The molecule has 0 bridgehead atoms. The highest BCUT2D eigenvalue weighted by molar-refractivity contribution is 5.25. The lowest BCUT2D eigenvalue weighted by Crippen LogP contribution is -2.14. The lowest BCUT2D eigenvalue weighted by atomic mass is 10.1. The lowest BCUT2D eigenvalue weighted by molar-refractivity contribution is 0.676. The Morgan fingerprint density at radius 3 is 2.68 bits per heavy atom. The van der Waals surface area contributed by atoms with Gasteiger partial charge in [-0.1, -0.05) is 38.1 Å². The smallest absolute Gasteiger partial charge is 0.105 e. The molecule has 3 aromatic rings. The first-order chi connectivity index (χ1) is 12.0. The van der Waals surface area contributed by atoms with Crippen molar-refractivity contribution >= 4 is 0 Å². The molecule has 0 atom stereocenters. The van der Waals surface area contributed by atoms with E-state index in [2.05, 4.69) is 64.3 Å². The Bertz CT molecular complexity index is 828. The van der Waals surface area contributed by atoms with E-state index >= 15 is 0 Å². The minimum atomic E-state index is 0.444. The molecule has 0 aliphatic heterocycles. The van der Waals surface area contributed by atoms with Gasteiger partial charge in [-0.05, 0) is 24.0 Å². The van der Waals surface area contributed by atoms with Gasteiger partial charge in [0.2, 0.25) is 0 Å². The minimum absolute atomic E-state index is 0.444. The molecule has 5 heteroatoms. The number of hydrogen-bond donors (Lipinski definition) is 1. The molecule has 0 amide bonds. The predicted octanol–water partition coefficient (Wildman–Crippen LogP) is 3.39. The number of imidazole rings is 1. The van der Waals surface area contributed by atoms with E-state index in [0.29, 0.717) is 5.92 Å². The van der Waals surface area contributed by atoms with Gasteiger partial charge in [-0.15, -0.1) is 0 Å². The monoisotopic (exact) mass is 337 g/mol. The molecule has 0 radical (unpaired) electrons. The van der Waals surface area contributed by atoms with E-state index in [0.717, 1.165) is 25.5 Å². The average molecular weight is 337 g/mol. The van der Waals surface area contributed by atoms with Crippen molar-refractivity contribution in [1.29, 1.82) is 0 Å². The van der Waals surface area contributed by atoms with Crippen molar-refractivity contribution in [1.82, 2.24) is 24.6 Å². The Kier molecular flexibility index (Phi) is 5.34. The van der Waals surface area contributed by atoms with Crippen LogP contribution in [0.2, 0.25) is 0 Å². The molecular weight excluding hydrogens is 310 g/mol. The quantitative estimate of drug-likeness (QED) is 0.719. The van der Waals surface area contributed by atoms with Gasteiger partial charge in [0, 0.05) is 50.8 Å². The van der Waals surface area contributed by atoms with Crippen LogP contribution < -0.4 is 5.32 Å². The third kappa shape index (κ3) is 4.37. The number of rotatable bonds is 7. The molecule has 3 rings (SSSR count). The maximum Gasteiger partial charge on any atom is 0.105 e. The van der Waals surface area contributed by atoms with Crippen LogP contribution in [0.25, 0.3) is 0 Å². The van der Waals surface area contributed by atoms with Gasteiger partial charge >= 0.3 is 0 Å². The van der Waals surface area contributed by atoms with Crippen LogP contribution in [-0.2, 0) is 26.7 Å². The number of benzene rings is 1. The van der Waals surface area contributed by atoms with Gasteiger partial charge < -0.3 is 9.88 Å². The van der Waals surface area contributed by atoms with Gasteiger partial charge in [-0.25, -0.2) is 4.98 Å². The largest absolute Gasteiger partial charge is 0.331 e. The molecule has 132 valence electrons. The summed E-state index contributed by atoms with van der Waals surface area (Å²) in [5, 5.41) is 8.12. The van der Waals surface area contributed by atoms with Crippen LogP contribution in [0.1, 0.15) is 48.0 Å². The topological polar surface area (TPSA) is 47.7 Å². The van der Waals surface area contributed by atoms with Crippen molar-refractivity contribution in [2.75, 3.05) is 0 Å². The average Bonchev–Trinajstić information content (AvgIpc) is 3.14. The van der Waals surface area contributed by atoms with E-state index in [1.807, 2.05) is 31.0 Å². The van der Waals surface area contributed by atoms with E-state index in [-0.39, 0.29) is 0 Å². The van der Waals surface area contributed by atoms with Crippen LogP contribution in [0, 0.1) is 6.92 Å². The van der Waals surface area contributed by atoms with Crippen LogP contribution in [0.3, 0.4) is 0 Å². The predicted molar refractivity (Wildman–Crippen MR) is 100 cm³/mol. The van der Waals surface area contributed by atoms with Crippen LogP contribution >= 0.6 is 0 Å². The normalized spacial score (nSPS) is 11.4. The molecule has 0 spiro atoms. The van der Waals surface area contributed by atoms with Crippen molar-refractivity contribution in [3.63, 3.8) is 0 Å². The zero-order valence-corrected chi connectivity index (χ0v) is 15.5. The molecule has 0 aliphatic rings. The zero-order chi connectivity index (χ0) is 17.8. The van der Waals surface area contributed by atoms with Crippen LogP contribution in [-0.4, -0.2) is 19.3 Å². The standard InChI is InChI=1S/C20H27N5/c1-15(2)20-19(14-24(4)23-20)12-21-11-17-6-5-7-18(10-17)13-25-9-8-22-16(25)3/h5-10,14-15,21H,11-13H2,1-4H3. The molecule has 25 heavy (non-hydrogen) atoms. The van der Waals surface area contributed by atoms with Crippen molar-refractivity contribution in [2.24, 2.45) is 7.05 Å². The third-order valence-corrected chi connectivity index (χ3v) is 4.40. The first kappa shape index (κ1) is 17.4. The van der Waals surface area contributed by atoms with E-state index in [1.165, 1.54) is 22.4 Å². The molecular formula is C20H27N5. The van der Waals surface area contributed by atoms with E-state index < -0.39 is 0 Å². The number of hydrogen-bond acceptors (Lipinski definition) is 3. The Morgan fingerprint density at radius 1 is 1.16 bits per heavy atom. The fourth-order valence-corrected chi connectivity index (χ4v) is 3.12. The second-order valence-electron chi connectivity index (χ2n) is 6.89. The first-order valence-corrected chi connectivity index (χ1v) is 8.81. The summed E-state index contributed by atoms with van der Waals surface area (Å²) in [6.07, 6.45) is 5.98. The molecule has 5 nitrogen and oxygen atoms in total. The highest BCUT2D eigenvalue weighted by atomic mass is 15.3. The summed E-state index contributed by atoms with van der Waals surface area (Å²) in [4.78, 5) is 4.29. The van der Waals surface area contributed by atoms with Gasteiger partial charge in [-0.2, -0.15) is 5.10 Å². The lowest BCUT2D eigenvalue weighted by Gasteiger charge is -2.09. The molecule has 1 aromatic carbocycles. The van der Waals surface area contributed by atoms with Gasteiger partial charge in [0.15, 0.2) is 0 Å². The maximum atomic E-state index is 4.57. The first-order valence-electron chi connectivity index (χ1n) is 8.81. The Morgan fingerprint density at radius 2 is 1.96 bits per heavy atom. The highest BCUT2D eigenvalue weighted by Crippen LogP contribution is 2.17. The molecule has 0 saturated carbocycles. The number of nitrogens with zero attached hydrogens (tertiary/aromatic N) is 4. The molecule has 0 fully saturated rings. The molecule has 2 aromatic heterocycles. The fourth-order valence-electron chi connectivity index (χ4n) is 3.12. The Hall–Kier alpha value is -2.40. The number of aromatic nitrogens is 4. The molecule has 0 unspecified atom stereocenters. The highest BCUT2D eigenvalue weighted by Gasteiger charge is 2.10.